The lowest BCUT2D eigenvalue weighted by atomic mass is 10.2. The van der Waals surface area contributed by atoms with E-state index in [4.69, 9.17) is 11.6 Å². The topological polar surface area (TPSA) is 102 Å². The van der Waals surface area contributed by atoms with Crippen molar-refractivity contribution in [1.29, 1.82) is 0 Å². The molecule has 2 aromatic rings. The fourth-order valence-electron chi connectivity index (χ4n) is 2.17. The van der Waals surface area contributed by atoms with E-state index in [1.54, 1.807) is 0 Å². The maximum atomic E-state index is 12.3. The maximum Gasteiger partial charge on any atom is 0.409 e. The van der Waals surface area contributed by atoms with Crippen molar-refractivity contribution < 1.29 is 10.0 Å². The van der Waals surface area contributed by atoms with Gasteiger partial charge in [-0.15, -0.1) is 4.68 Å². The molecule has 0 unspecified atom stereocenters. The van der Waals surface area contributed by atoms with Crippen LogP contribution in [0.4, 0.5) is 11.5 Å². The summed E-state index contributed by atoms with van der Waals surface area (Å²) in [6.45, 7) is 0.144. The third-order valence-corrected chi connectivity index (χ3v) is 3.57. The Labute approximate surface area is 136 Å². The zero-order valence-corrected chi connectivity index (χ0v) is 13.1. The van der Waals surface area contributed by atoms with Gasteiger partial charge in [0, 0.05) is 13.1 Å². The van der Waals surface area contributed by atoms with Crippen LogP contribution >= 0.6 is 11.6 Å². The number of hydrogen-bond donors (Lipinski definition) is 1. The van der Waals surface area contributed by atoms with E-state index in [0.29, 0.717) is 0 Å². The minimum Gasteiger partial charge on any atom is -0.395 e. The molecule has 1 N–H and O–H groups in total. The van der Waals surface area contributed by atoms with Gasteiger partial charge in [-0.3, -0.25) is 4.79 Å². The molecule has 0 amide bonds. The van der Waals surface area contributed by atoms with Crippen molar-refractivity contribution in [3.8, 4) is 0 Å². The van der Waals surface area contributed by atoms with E-state index in [2.05, 4.69) is 5.10 Å². The average molecular weight is 339 g/mol. The number of halogens is 1. The van der Waals surface area contributed by atoms with Gasteiger partial charge in [0.25, 0.3) is 0 Å². The lowest BCUT2D eigenvalue weighted by Gasteiger charge is -2.23. The first-order valence-corrected chi connectivity index (χ1v) is 7.14. The largest absolute Gasteiger partial charge is 0.409 e. The summed E-state index contributed by atoms with van der Waals surface area (Å²) in [6.07, 6.45) is 0. The van der Waals surface area contributed by atoms with Crippen molar-refractivity contribution in [2.45, 2.75) is 6.54 Å². The van der Waals surface area contributed by atoms with Crippen LogP contribution in [-0.2, 0) is 13.6 Å². The van der Waals surface area contributed by atoms with Crippen LogP contribution in [0.25, 0.3) is 0 Å². The zero-order chi connectivity index (χ0) is 17.0. The molecule has 0 aliphatic carbocycles. The summed E-state index contributed by atoms with van der Waals surface area (Å²) >= 11 is 6.04. The minimum atomic E-state index is -0.745. The van der Waals surface area contributed by atoms with Crippen LogP contribution in [-0.4, -0.2) is 33.0 Å². The lowest BCUT2D eigenvalue weighted by Crippen LogP contribution is -2.35. The number of benzene rings is 1. The molecule has 0 aliphatic rings. The van der Waals surface area contributed by atoms with Gasteiger partial charge in [0.1, 0.15) is 5.69 Å². The highest BCUT2D eigenvalue weighted by Gasteiger charge is 2.27. The van der Waals surface area contributed by atoms with E-state index in [0.717, 1.165) is 10.2 Å². The van der Waals surface area contributed by atoms with Crippen molar-refractivity contribution in [3.05, 3.63) is 61.4 Å². The van der Waals surface area contributed by atoms with Crippen molar-refractivity contribution >= 4 is 23.1 Å². The van der Waals surface area contributed by atoms with Gasteiger partial charge >= 0.3 is 11.4 Å². The van der Waals surface area contributed by atoms with Gasteiger partial charge in [-0.1, -0.05) is 41.9 Å². The first kappa shape index (κ1) is 16.9. The quantitative estimate of drug-likeness (QED) is 0.630. The van der Waals surface area contributed by atoms with Gasteiger partial charge in [-0.25, -0.2) is 0 Å². The van der Waals surface area contributed by atoms with E-state index < -0.39 is 16.3 Å². The predicted molar refractivity (Wildman–Crippen MR) is 85.7 cm³/mol. The van der Waals surface area contributed by atoms with Crippen LogP contribution in [0.1, 0.15) is 5.56 Å². The number of aryl methyl sites for hydroxylation is 1. The second-order valence-electron chi connectivity index (χ2n) is 4.80. The molecule has 0 bridgehead atoms. The van der Waals surface area contributed by atoms with Crippen LogP contribution in [0.3, 0.4) is 0 Å². The molecule has 2 rings (SSSR count). The molecule has 23 heavy (non-hydrogen) atoms. The summed E-state index contributed by atoms with van der Waals surface area (Å²) in [5, 5.41) is 23.5. The number of nitro groups is 1. The fraction of sp³-hybridized carbons (Fsp3) is 0.286. The van der Waals surface area contributed by atoms with Crippen LogP contribution in [0.15, 0.2) is 35.1 Å². The van der Waals surface area contributed by atoms with Crippen LogP contribution in [0.2, 0.25) is 5.02 Å². The van der Waals surface area contributed by atoms with Gasteiger partial charge in [0.15, 0.2) is 5.02 Å². The summed E-state index contributed by atoms with van der Waals surface area (Å²) in [5.74, 6) is -0.597. The standard InChI is InChI=1S/C14H15ClN4O4/c1-17-14(21)12(11(15)13(16-17)19(22)23)18(7-8-20)9-10-5-3-2-4-6-10/h2-6,20H,7-9H2,1H3. The smallest absolute Gasteiger partial charge is 0.395 e. The van der Waals surface area contributed by atoms with E-state index in [1.165, 1.54) is 11.9 Å². The number of anilines is 1. The van der Waals surface area contributed by atoms with Crippen molar-refractivity contribution in [1.82, 2.24) is 9.78 Å². The summed E-state index contributed by atoms with van der Waals surface area (Å²) in [7, 11) is 1.31. The van der Waals surface area contributed by atoms with E-state index >= 15 is 0 Å². The number of rotatable bonds is 6. The first-order chi connectivity index (χ1) is 11.0. The van der Waals surface area contributed by atoms with Crippen LogP contribution in [0, 0.1) is 10.1 Å². The number of hydrogen-bond acceptors (Lipinski definition) is 6. The third-order valence-electron chi connectivity index (χ3n) is 3.22. The molecule has 9 heteroatoms. The Morgan fingerprint density at radius 1 is 1.39 bits per heavy atom. The predicted octanol–water partition coefficient (Wildman–Crippen LogP) is 1.34. The van der Waals surface area contributed by atoms with Gasteiger partial charge in [0.2, 0.25) is 0 Å². The number of aromatic nitrogens is 2. The van der Waals surface area contributed by atoms with E-state index in [1.807, 2.05) is 30.3 Å². The number of aliphatic hydroxyl groups excluding tert-OH is 1. The first-order valence-electron chi connectivity index (χ1n) is 6.76. The molecule has 0 saturated carbocycles. The van der Waals surface area contributed by atoms with Crippen LogP contribution < -0.4 is 10.5 Å². The molecule has 0 fully saturated rings. The Kier molecular flexibility index (Phi) is 5.30. The second kappa shape index (κ2) is 7.21. The Bertz CT molecular complexity index is 763. The Balaban J connectivity index is 2.54. The number of aliphatic hydroxyl groups is 1. The van der Waals surface area contributed by atoms with E-state index in [9.17, 15) is 20.0 Å². The average Bonchev–Trinajstić information content (AvgIpc) is 2.52. The molecule has 1 heterocycles. The highest BCUT2D eigenvalue weighted by Crippen LogP contribution is 2.30. The Morgan fingerprint density at radius 2 is 2.04 bits per heavy atom. The molecule has 122 valence electrons. The molecular formula is C14H15ClN4O4. The fourth-order valence-corrected chi connectivity index (χ4v) is 2.48. The molecule has 0 aliphatic heterocycles. The monoisotopic (exact) mass is 338 g/mol. The lowest BCUT2D eigenvalue weighted by molar-refractivity contribution is -0.390. The minimum absolute atomic E-state index is 0.0474. The Hall–Kier alpha value is -2.45. The summed E-state index contributed by atoms with van der Waals surface area (Å²) in [6, 6.07) is 9.21. The molecular weight excluding hydrogens is 324 g/mol. The molecule has 0 atom stereocenters. The van der Waals surface area contributed by atoms with Crippen molar-refractivity contribution in [3.63, 3.8) is 0 Å². The second-order valence-corrected chi connectivity index (χ2v) is 5.18. The molecule has 1 aromatic heterocycles. The van der Waals surface area contributed by atoms with Gasteiger partial charge in [0.05, 0.1) is 18.8 Å². The highest BCUT2D eigenvalue weighted by molar-refractivity contribution is 6.35. The van der Waals surface area contributed by atoms with Crippen molar-refractivity contribution in [2.75, 3.05) is 18.1 Å². The molecule has 0 saturated heterocycles. The summed E-state index contributed by atoms with van der Waals surface area (Å²) in [4.78, 5) is 24.2. The van der Waals surface area contributed by atoms with E-state index in [-0.39, 0.29) is 30.4 Å². The summed E-state index contributed by atoms with van der Waals surface area (Å²) in [5.41, 5.74) is 0.261. The zero-order valence-electron chi connectivity index (χ0n) is 12.3. The van der Waals surface area contributed by atoms with Gasteiger partial charge < -0.3 is 20.1 Å². The third kappa shape index (κ3) is 3.66. The normalized spacial score (nSPS) is 10.6. The van der Waals surface area contributed by atoms with Gasteiger partial charge in [-0.2, -0.15) is 0 Å². The molecule has 1 aromatic carbocycles. The van der Waals surface area contributed by atoms with Gasteiger partial charge in [-0.05, 0) is 10.5 Å². The highest BCUT2D eigenvalue weighted by atomic mass is 35.5. The molecule has 8 nitrogen and oxygen atoms in total. The molecule has 0 spiro atoms. The molecule has 0 radical (unpaired) electrons. The SMILES string of the molecule is Cn1nc([N+](=O)[O-])c(Cl)c(N(CCO)Cc2ccccc2)c1=O. The summed E-state index contributed by atoms with van der Waals surface area (Å²) < 4.78 is 0.870. The van der Waals surface area contributed by atoms with Crippen LogP contribution in [0.5, 0.6) is 0 Å². The Morgan fingerprint density at radius 3 is 2.61 bits per heavy atom. The number of nitrogens with zero attached hydrogens (tertiary/aromatic N) is 4. The van der Waals surface area contributed by atoms with Crippen molar-refractivity contribution in [2.24, 2.45) is 7.05 Å². The maximum absolute atomic E-state index is 12.3.